The second-order valence-electron chi connectivity index (χ2n) is 4.76. The van der Waals surface area contributed by atoms with Crippen LogP contribution in [0.3, 0.4) is 0 Å². The van der Waals surface area contributed by atoms with Gasteiger partial charge in [-0.2, -0.15) is 5.10 Å². The molecule has 0 heterocycles. The molecule has 2 rings (SSSR count). The molecule has 0 aliphatic heterocycles. The number of nitro benzene ring substituents is 1. The number of carbonyl (C=O) groups is 1. The van der Waals surface area contributed by atoms with Crippen LogP contribution in [-0.2, 0) is 0 Å². The van der Waals surface area contributed by atoms with Gasteiger partial charge >= 0.3 is 5.69 Å². The molecule has 0 saturated carbocycles. The maximum Gasteiger partial charge on any atom is 0.311 e. The van der Waals surface area contributed by atoms with Crippen LogP contribution in [0.25, 0.3) is 0 Å². The Kier molecular flexibility index (Phi) is 5.64. The molecule has 2 aromatic carbocycles. The van der Waals surface area contributed by atoms with Crippen molar-refractivity contribution in [2.75, 3.05) is 7.11 Å². The van der Waals surface area contributed by atoms with Crippen molar-refractivity contribution in [3.63, 3.8) is 0 Å². The highest BCUT2D eigenvalue weighted by Crippen LogP contribution is 2.27. The van der Waals surface area contributed by atoms with E-state index < -0.39 is 4.92 Å². The van der Waals surface area contributed by atoms with Crippen LogP contribution in [0.1, 0.15) is 22.8 Å². The number of hydrogen-bond acceptors (Lipinski definition) is 5. The first kappa shape index (κ1) is 17.6. The summed E-state index contributed by atoms with van der Waals surface area (Å²) in [6, 6.07) is 11.4. The number of rotatable bonds is 5. The predicted molar refractivity (Wildman–Crippen MR) is 93.5 cm³/mol. The van der Waals surface area contributed by atoms with Crippen molar-refractivity contribution in [2.45, 2.75) is 6.92 Å². The summed E-state index contributed by atoms with van der Waals surface area (Å²) in [5.74, 6) is -0.223. The molecule has 2 aromatic rings. The highest BCUT2D eigenvalue weighted by atomic mass is 79.9. The summed E-state index contributed by atoms with van der Waals surface area (Å²) in [6.07, 6.45) is 0. The van der Waals surface area contributed by atoms with Gasteiger partial charge in [-0.1, -0.05) is 12.1 Å². The van der Waals surface area contributed by atoms with Crippen molar-refractivity contribution >= 4 is 33.2 Å². The molecule has 0 radical (unpaired) electrons. The van der Waals surface area contributed by atoms with Crippen LogP contribution in [0.5, 0.6) is 5.75 Å². The van der Waals surface area contributed by atoms with Gasteiger partial charge in [-0.25, -0.2) is 5.43 Å². The number of halogens is 1. The summed E-state index contributed by atoms with van der Waals surface area (Å²) in [4.78, 5) is 22.6. The van der Waals surface area contributed by atoms with E-state index in [1.165, 1.54) is 19.2 Å². The molecule has 0 aromatic heterocycles. The quantitative estimate of drug-likeness (QED) is 0.479. The van der Waals surface area contributed by atoms with Gasteiger partial charge in [0.2, 0.25) is 0 Å². The van der Waals surface area contributed by atoms with E-state index in [0.29, 0.717) is 21.3 Å². The Labute approximate surface area is 146 Å². The van der Waals surface area contributed by atoms with Crippen molar-refractivity contribution < 1.29 is 14.5 Å². The van der Waals surface area contributed by atoms with E-state index in [2.05, 4.69) is 26.5 Å². The average molecular weight is 392 g/mol. The molecular weight excluding hydrogens is 378 g/mol. The number of hydrazone groups is 1. The van der Waals surface area contributed by atoms with Crippen LogP contribution in [0.15, 0.2) is 52.0 Å². The number of methoxy groups -OCH3 is 1. The van der Waals surface area contributed by atoms with Gasteiger partial charge in [-0.05, 0) is 47.1 Å². The molecule has 0 atom stereocenters. The number of benzene rings is 2. The summed E-state index contributed by atoms with van der Waals surface area (Å²) in [5, 5.41) is 15.1. The zero-order valence-corrected chi connectivity index (χ0v) is 14.5. The molecule has 0 saturated heterocycles. The van der Waals surface area contributed by atoms with E-state index in [1.807, 2.05) is 0 Å². The Morgan fingerprint density at radius 3 is 2.62 bits per heavy atom. The highest BCUT2D eigenvalue weighted by molar-refractivity contribution is 9.10. The van der Waals surface area contributed by atoms with Gasteiger partial charge in [0.1, 0.15) is 0 Å². The van der Waals surface area contributed by atoms with Crippen LogP contribution in [-0.4, -0.2) is 23.7 Å². The van der Waals surface area contributed by atoms with E-state index in [9.17, 15) is 14.9 Å². The number of amides is 1. The average Bonchev–Trinajstić information content (AvgIpc) is 2.59. The molecule has 1 N–H and O–H groups in total. The first-order valence-corrected chi connectivity index (χ1v) is 7.65. The van der Waals surface area contributed by atoms with Gasteiger partial charge in [0, 0.05) is 16.1 Å². The first-order chi connectivity index (χ1) is 11.4. The third-order valence-corrected chi connectivity index (χ3v) is 3.93. The molecule has 0 fully saturated rings. The second kappa shape index (κ2) is 7.69. The zero-order valence-electron chi connectivity index (χ0n) is 12.9. The highest BCUT2D eigenvalue weighted by Gasteiger charge is 2.16. The summed E-state index contributed by atoms with van der Waals surface area (Å²) in [5.41, 5.74) is 3.65. The first-order valence-electron chi connectivity index (χ1n) is 6.86. The fourth-order valence-electron chi connectivity index (χ4n) is 1.96. The molecular formula is C16H14BrN3O4. The molecule has 0 spiro atoms. The molecule has 7 nitrogen and oxygen atoms in total. The van der Waals surface area contributed by atoms with Crippen molar-refractivity contribution in [2.24, 2.45) is 5.10 Å². The Hall–Kier alpha value is -2.74. The Balaban J connectivity index is 2.22. The largest absolute Gasteiger partial charge is 0.490 e. The maximum absolute atomic E-state index is 12.1. The van der Waals surface area contributed by atoms with Crippen molar-refractivity contribution in [1.82, 2.24) is 5.43 Å². The summed E-state index contributed by atoms with van der Waals surface area (Å²) in [7, 11) is 1.36. The summed E-state index contributed by atoms with van der Waals surface area (Å²) >= 11 is 3.29. The molecule has 124 valence electrons. The number of nitrogens with one attached hydrogen (secondary N) is 1. The van der Waals surface area contributed by atoms with Gasteiger partial charge in [0.15, 0.2) is 5.75 Å². The van der Waals surface area contributed by atoms with E-state index >= 15 is 0 Å². The third-order valence-electron chi connectivity index (χ3n) is 3.24. The number of hydrogen-bond donors (Lipinski definition) is 1. The molecule has 24 heavy (non-hydrogen) atoms. The molecule has 1 amide bonds. The number of nitro groups is 1. The van der Waals surface area contributed by atoms with Gasteiger partial charge in [-0.3, -0.25) is 14.9 Å². The van der Waals surface area contributed by atoms with Gasteiger partial charge in [0.05, 0.1) is 23.3 Å². The number of carbonyl (C=O) groups excluding carboxylic acids is 1. The normalized spacial score (nSPS) is 11.0. The Morgan fingerprint density at radius 2 is 2.00 bits per heavy atom. The Bertz CT molecular complexity index is 821. The van der Waals surface area contributed by atoms with Crippen molar-refractivity contribution in [3.05, 3.63) is 68.2 Å². The monoisotopic (exact) mass is 391 g/mol. The van der Waals surface area contributed by atoms with Gasteiger partial charge in [0.25, 0.3) is 5.91 Å². The van der Waals surface area contributed by atoms with E-state index in [4.69, 9.17) is 4.74 Å². The van der Waals surface area contributed by atoms with Gasteiger partial charge in [-0.15, -0.1) is 0 Å². The van der Waals surface area contributed by atoms with Crippen LogP contribution in [0.4, 0.5) is 5.69 Å². The minimum atomic E-state index is -0.532. The lowest BCUT2D eigenvalue weighted by atomic mass is 10.1. The fraction of sp³-hybridized carbons (Fsp3) is 0.125. The summed E-state index contributed by atoms with van der Waals surface area (Å²) < 4.78 is 5.60. The fourth-order valence-corrected chi connectivity index (χ4v) is 2.43. The van der Waals surface area contributed by atoms with E-state index in [-0.39, 0.29) is 17.3 Å². The van der Waals surface area contributed by atoms with Crippen LogP contribution >= 0.6 is 15.9 Å². The van der Waals surface area contributed by atoms with Crippen molar-refractivity contribution in [3.8, 4) is 5.75 Å². The molecule has 8 heteroatoms. The summed E-state index contributed by atoms with van der Waals surface area (Å²) in [6.45, 7) is 1.64. The molecule has 0 unspecified atom stereocenters. The van der Waals surface area contributed by atoms with Crippen LogP contribution in [0, 0.1) is 10.1 Å². The van der Waals surface area contributed by atoms with Crippen LogP contribution < -0.4 is 10.2 Å². The minimum absolute atomic E-state index is 0.161. The molecule has 0 aliphatic rings. The number of nitrogens with zero attached hydrogens (tertiary/aromatic N) is 2. The van der Waals surface area contributed by atoms with Crippen molar-refractivity contribution in [1.29, 1.82) is 0 Å². The third kappa shape index (κ3) is 3.96. The van der Waals surface area contributed by atoms with Gasteiger partial charge < -0.3 is 4.74 Å². The minimum Gasteiger partial charge on any atom is -0.490 e. The lowest BCUT2D eigenvalue weighted by Crippen LogP contribution is -2.19. The predicted octanol–water partition coefficient (Wildman–Crippen LogP) is 3.52. The Morgan fingerprint density at radius 1 is 1.29 bits per heavy atom. The number of ether oxygens (including phenoxy) is 1. The maximum atomic E-state index is 12.1. The second-order valence-corrected chi connectivity index (χ2v) is 5.62. The topological polar surface area (TPSA) is 93.8 Å². The smallest absolute Gasteiger partial charge is 0.311 e. The van der Waals surface area contributed by atoms with E-state index in [0.717, 1.165) is 0 Å². The van der Waals surface area contributed by atoms with E-state index in [1.54, 1.807) is 37.3 Å². The zero-order chi connectivity index (χ0) is 17.7. The SMILES string of the molecule is COc1ccc(/C(C)=N\NC(=O)c2ccccc2Br)cc1[N+](=O)[O-]. The van der Waals surface area contributed by atoms with Crippen LogP contribution in [0.2, 0.25) is 0 Å². The lowest BCUT2D eigenvalue weighted by molar-refractivity contribution is -0.385. The molecule has 0 aliphatic carbocycles. The standard InChI is InChI=1S/C16H14BrN3O4/c1-10(11-7-8-15(24-2)14(9-11)20(22)23)18-19-16(21)12-5-3-4-6-13(12)17/h3-9H,1-2H3,(H,19,21)/b18-10-. The lowest BCUT2D eigenvalue weighted by Gasteiger charge is -2.06. The molecule has 0 bridgehead atoms.